The predicted octanol–water partition coefficient (Wildman–Crippen LogP) is 2.38. The van der Waals surface area contributed by atoms with Crippen molar-refractivity contribution in [3.63, 3.8) is 0 Å². The summed E-state index contributed by atoms with van der Waals surface area (Å²) in [5.41, 5.74) is 0. The number of likely N-dealkylation sites (N-methyl/N-ethyl adjacent to an activating group) is 1. The molecule has 0 rings (SSSR count). The fraction of sp³-hybridized carbons (Fsp3) is 0.625. The van der Waals surface area contributed by atoms with Gasteiger partial charge in [-0.05, 0) is 12.8 Å². The van der Waals surface area contributed by atoms with Crippen LogP contribution in [0.2, 0.25) is 0 Å². The second-order valence-corrected chi connectivity index (χ2v) is 5.99. The van der Waals surface area contributed by atoms with Gasteiger partial charge in [-0.15, -0.1) is 0 Å². The highest BCUT2D eigenvalue weighted by Crippen LogP contribution is 2.07. The molecule has 0 aliphatic rings. The number of esters is 1. The Hall–Kier alpha value is -1.62. The second-order valence-electron chi connectivity index (χ2n) is 5.99. The van der Waals surface area contributed by atoms with Crippen LogP contribution in [-0.2, 0) is 14.3 Å². The van der Waals surface area contributed by atoms with Gasteiger partial charge in [0.1, 0.15) is 6.54 Å². The van der Waals surface area contributed by atoms with E-state index in [9.17, 15) is 9.59 Å². The number of carboxylic acids is 1. The minimum absolute atomic E-state index is 0.156. The monoisotopic (exact) mass is 298 g/mol. The quantitative estimate of drug-likeness (QED) is 0.382. The average Bonchev–Trinajstić information content (AvgIpc) is 2.30. The molecule has 21 heavy (non-hydrogen) atoms. The predicted molar refractivity (Wildman–Crippen MR) is 82.8 cm³/mol. The first-order valence-electron chi connectivity index (χ1n) is 7.28. The largest absolute Gasteiger partial charge is 0.481 e. The zero-order valence-corrected chi connectivity index (χ0v) is 13.5. The van der Waals surface area contributed by atoms with Crippen LogP contribution in [0.25, 0.3) is 0 Å². The van der Waals surface area contributed by atoms with E-state index in [1.165, 1.54) is 0 Å². The van der Waals surface area contributed by atoms with Crippen LogP contribution in [0.15, 0.2) is 24.3 Å². The Morgan fingerprint density at radius 1 is 1.19 bits per heavy atom. The molecule has 0 saturated heterocycles. The number of ether oxygens (including phenoxy) is 1. The van der Waals surface area contributed by atoms with Crippen molar-refractivity contribution in [1.29, 1.82) is 0 Å². The van der Waals surface area contributed by atoms with Crippen molar-refractivity contribution in [2.24, 2.45) is 0 Å². The summed E-state index contributed by atoms with van der Waals surface area (Å²) in [7, 11) is 5.81. The Bertz CT molecular complexity index is 380. The summed E-state index contributed by atoms with van der Waals surface area (Å²) in [6, 6.07) is 0. The summed E-state index contributed by atoms with van der Waals surface area (Å²) < 4.78 is 5.83. The Balaban J connectivity index is 4.24. The molecule has 0 fully saturated rings. The van der Waals surface area contributed by atoms with Gasteiger partial charge in [0.15, 0.2) is 6.10 Å². The Kier molecular flexibility index (Phi) is 9.37. The van der Waals surface area contributed by atoms with Crippen molar-refractivity contribution in [1.82, 2.24) is 0 Å². The number of allylic oxidation sites excluding steroid dienone is 4. The molecular formula is C16H28NO4+. The van der Waals surface area contributed by atoms with E-state index in [1.54, 1.807) is 0 Å². The molecule has 0 aromatic rings. The first-order valence-corrected chi connectivity index (χ1v) is 7.28. The fourth-order valence-corrected chi connectivity index (χ4v) is 1.78. The van der Waals surface area contributed by atoms with Gasteiger partial charge in [0.25, 0.3) is 0 Å². The van der Waals surface area contributed by atoms with Gasteiger partial charge < -0.3 is 14.3 Å². The van der Waals surface area contributed by atoms with Crippen LogP contribution in [0.1, 0.15) is 32.6 Å². The number of aliphatic carboxylic acids is 1. The third-order valence-electron chi connectivity index (χ3n) is 2.59. The van der Waals surface area contributed by atoms with Gasteiger partial charge in [-0.1, -0.05) is 31.2 Å². The Morgan fingerprint density at radius 3 is 2.33 bits per heavy atom. The van der Waals surface area contributed by atoms with Gasteiger partial charge in [0.2, 0.25) is 0 Å². The number of carbonyl (C=O) groups excluding carboxylic acids is 1. The minimum Gasteiger partial charge on any atom is -0.481 e. The summed E-state index contributed by atoms with van der Waals surface area (Å²) in [4.78, 5) is 22.6. The van der Waals surface area contributed by atoms with Crippen LogP contribution in [0.4, 0.5) is 0 Å². The lowest BCUT2D eigenvalue weighted by Gasteiger charge is -2.28. The molecule has 1 N–H and O–H groups in total. The highest BCUT2D eigenvalue weighted by atomic mass is 16.5. The molecule has 0 aliphatic heterocycles. The zero-order valence-electron chi connectivity index (χ0n) is 13.5. The van der Waals surface area contributed by atoms with Crippen LogP contribution in [-0.4, -0.2) is 55.3 Å². The molecule has 0 aromatic heterocycles. The molecule has 0 spiro atoms. The summed E-state index contributed by atoms with van der Waals surface area (Å²) >= 11 is 0. The smallest absolute Gasteiger partial charge is 0.307 e. The van der Waals surface area contributed by atoms with Crippen LogP contribution in [0, 0.1) is 0 Å². The lowest BCUT2D eigenvalue weighted by atomic mass is 10.2. The van der Waals surface area contributed by atoms with Crippen molar-refractivity contribution in [3.8, 4) is 0 Å². The molecule has 1 atom stereocenters. The van der Waals surface area contributed by atoms with E-state index in [4.69, 9.17) is 9.84 Å². The van der Waals surface area contributed by atoms with Crippen molar-refractivity contribution < 1.29 is 23.9 Å². The Labute approximate surface area is 127 Å². The van der Waals surface area contributed by atoms with E-state index in [1.807, 2.05) is 45.4 Å². The highest BCUT2D eigenvalue weighted by molar-refractivity contribution is 5.71. The van der Waals surface area contributed by atoms with Gasteiger partial charge in [-0.25, -0.2) is 0 Å². The number of rotatable bonds is 10. The molecular weight excluding hydrogens is 270 g/mol. The molecule has 0 amide bonds. The number of carbonyl (C=O) groups is 2. The zero-order chi connectivity index (χ0) is 16.3. The lowest BCUT2D eigenvalue weighted by Crippen LogP contribution is -2.43. The summed E-state index contributed by atoms with van der Waals surface area (Å²) in [5, 5.41) is 8.87. The molecule has 1 unspecified atom stereocenters. The summed E-state index contributed by atoms with van der Waals surface area (Å²) in [6.07, 6.45) is 8.87. The van der Waals surface area contributed by atoms with Crippen LogP contribution in [0.5, 0.6) is 0 Å². The fourth-order valence-electron chi connectivity index (χ4n) is 1.78. The van der Waals surface area contributed by atoms with Gasteiger partial charge in [-0.2, -0.15) is 0 Å². The number of quaternary nitrogens is 1. The van der Waals surface area contributed by atoms with Crippen molar-refractivity contribution in [3.05, 3.63) is 24.3 Å². The summed E-state index contributed by atoms with van der Waals surface area (Å²) in [6.45, 7) is 2.53. The third-order valence-corrected chi connectivity index (χ3v) is 2.59. The highest BCUT2D eigenvalue weighted by Gasteiger charge is 2.24. The average molecular weight is 298 g/mol. The molecule has 0 heterocycles. The van der Waals surface area contributed by atoms with E-state index < -0.39 is 12.1 Å². The van der Waals surface area contributed by atoms with E-state index >= 15 is 0 Å². The van der Waals surface area contributed by atoms with Gasteiger partial charge in [0, 0.05) is 6.42 Å². The maximum Gasteiger partial charge on any atom is 0.307 e. The number of nitrogens with zero attached hydrogens (tertiary/aromatic N) is 1. The van der Waals surface area contributed by atoms with E-state index in [0.29, 0.717) is 17.4 Å². The van der Waals surface area contributed by atoms with E-state index in [0.717, 1.165) is 6.42 Å². The maximum absolute atomic E-state index is 11.7. The molecule has 5 heteroatoms. The standard InChI is InChI=1S/C16H27NO4/c1-5-6-7-8-9-10-11-16(20)21-14(12-15(18)19)13-17(2,3)4/h6-9,14H,5,10-13H2,1-4H3/p+1/b7-6+,9-8+. The Morgan fingerprint density at radius 2 is 1.81 bits per heavy atom. The van der Waals surface area contributed by atoms with Gasteiger partial charge in [-0.3, -0.25) is 9.59 Å². The molecule has 0 aliphatic carbocycles. The first-order chi connectivity index (χ1) is 9.74. The van der Waals surface area contributed by atoms with Crippen molar-refractivity contribution in [2.45, 2.75) is 38.7 Å². The topological polar surface area (TPSA) is 63.6 Å². The minimum atomic E-state index is -0.953. The third kappa shape index (κ3) is 13.1. The molecule has 0 saturated carbocycles. The SMILES string of the molecule is CC/C=C/C=C/CCC(=O)OC(CC(=O)O)C[N+](C)(C)C. The number of carboxylic acid groups (broad SMARTS) is 1. The summed E-state index contributed by atoms with van der Waals surface area (Å²) in [5.74, 6) is -1.30. The molecule has 120 valence electrons. The van der Waals surface area contributed by atoms with Crippen molar-refractivity contribution in [2.75, 3.05) is 27.7 Å². The number of hydrogen-bond acceptors (Lipinski definition) is 3. The molecule has 0 bridgehead atoms. The molecule has 0 aromatic carbocycles. The first kappa shape index (κ1) is 19.4. The second kappa shape index (κ2) is 10.2. The normalized spacial score (nSPS) is 13.7. The van der Waals surface area contributed by atoms with Gasteiger partial charge in [0.05, 0.1) is 27.6 Å². The molecule has 5 nitrogen and oxygen atoms in total. The lowest BCUT2D eigenvalue weighted by molar-refractivity contribution is -0.873. The van der Waals surface area contributed by atoms with Gasteiger partial charge >= 0.3 is 11.9 Å². The van der Waals surface area contributed by atoms with Crippen LogP contribution >= 0.6 is 0 Å². The van der Waals surface area contributed by atoms with E-state index in [-0.39, 0.29) is 18.8 Å². The maximum atomic E-state index is 11.7. The molecule has 0 radical (unpaired) electrons. The van der Waals surface area contributed by atoms with Crippen LogP contribution in [0.3, 0.4) is 0 Å². The van der Waals surface area contributed by atoms with E-state index in [2.05, 4.69) is 6.92 Å². The van der Waals surface area contributed by atoms with Crippen molar-refractivity contribution >= 4 is 11.9 Å². The number of hydrogen-bond donors (Lipinski definition) is 1. The van der Waals surface area contributed by atoms with Crippen LogP contribution < -0.4 is 0 Å².